The Kier molecular flexibility index (Phi) is 6.27. The number of carbonyl (C=O) groups excluding carboxylic acids is 1. The van der Waals surface area contributed by atoms with E-state index >= 15 is 0 Å². The predicted octanol–water partition coefficient (Wildman–Crippen LogP) is 3.81. The molecule has 0 radical (unpaired) electrons. The molecule has 0 unspecified atom stereocenters. The molecule has 0 bridgehead atoms. The SMILES string of the molecule is COc1ccc(OC[C@@H](C)NC(=O)c2ccc(C)cc2I)cc1. The molecule has 0 aromatic heterocycles. The molecule has 1 N–H and O–H groups in total. The van der Waals surface area contributed by atoms with Gasteiger partial charge in [0.15, 0.2) is 0 Å². The highest BCUT2D eigenvalue weighted by molar-refractivity contribution is 14.1. The predicted molar refractivity (Wildman–Crippen MR) is 99.3 cm³/mol. The monoisotopic (exact) mass is 425 g/mol. The first-order valence-electron chi connectivity index (χ1n) is 7.33. The summed E-state index contributed by atoms with van der Waals surface area (Å²) in [6, 6.07) is 13.1. The van der Waals surface area contributed by atoms with Crippen LogP contribution >= 0.6 is 22.6 Å². The Morgan fingerprint density at radius 3 is 2.43 bits per heavy atom. The van der Waals surface area contributed by atoms with Gasteiger partial charge in [-0.15, -0.1) is 0 Å². The van der Waals surface area contributed by atoms with Gasteiger partial charge in [0.05, 0.1) is 18.7 Å². The van der Waals surface area contributed by atoms with E-state index in [1.54, 1.807) is 7.11 Å². The smallest absolute Gasteiger partial charge is 0.252 e. The van der Waals surface area contributed by atoms with E-state index in [0.29, 0.717) is 12.2 Å². The normalized spacial score (nSPS) is 11.7. The number of halogens is 1. The minimum absolute atomic E-state index is 0.0831. The lowest BCUT2D eigenvalue weighted by molar-refractivity contribution is 0.0926. The highest BCUT2D eigenvalue weighted by Crippen LogP contribution is 2.17. The van der Waals surface area contributed by atoms with Crippen LogP contribution in [0.2, 0.25) is 0 Å². The summed E-state index contributed by atoms with van der Waals surface area (Å²) in [5.41, 5.74) is 1.83. The Balaban J connectivity index is 1.88. The third kappa shape index (κ3) is 5.13. The molecular formula is C18H20INO3. The third-order valence-corrected chi connectivity index (χ3v) is 4.20. The van der Waals surface area contributed by atoms with Crippen LogP contribution in [0.1, 0.15) is 22.8 Å². The van der Waals surface area contributed by atoms with E-state index in [0.717, 1.165) is 20.6 Å². The number of methoxy groups -OCH3 is 1. The number of amides is 1. The number of benzene rings is 2. The lowest BCUT2D eigenvalue weighted by Crippen LogP contribution is -2.37. The van der Waals surface area contributed by atoms with Gasteiger partial charge >= 0.3 is 0 Å². The zero-order chi connectivity index (χ0) is 16.8. The molecule has 0 aliphatic carbocycles. The number of ether oxygens (including phenoxy) is 2. The Morgan fingerprint density at radius 2 is 1.83 bits per heavy atom. The van der Waals surface area contributed by atoms with Crippen molar-refractivity contribution in [1.82, 2.24) is 5.32 Å². The maximum absolute atomic E-state index is 12.3. The zero-order valence-electron chi connectivity index (χ0n) is 13.4. The minimum Gasteiger partial charge on any atom is -0.497 e. The van der Waals surface area contributed by atoms with Crippen LogP contribution in [0.5, 0.6) is 11.5 Å². The molecule has 4 nitrogen and oxygen atoms in total. The van der Waals surface area contributed by atoms with Gasteiger partial charge < -0.3 is 14.8 Å². The number of carbonyl (C=O) groups is 1. The molecule has 2 aromatic carbocycles. The molecule has 0 fully saturated rings. The van der Waals surface area contributed by atoms with Gasteiger partial charge in [-0.25, -0.2) is 0 Å². The fourth-order valence-corrected chi connectivity index (χ4v) is 2.96. The van der Waals surface area contributed by atoms with E-state index in [1.807, 2.05) is 56.3 Å². The summed E-state index contributed by atoms with van der Waals surface area (Å²) in [5.74, 6) is 1.45. The largest absolute Gasteiger partial charge is 0.497 e. The summed E-state index contributed by atoms with van der Waals surface area (Å²) >= 11 is 2.18. The van der Waals surface area contributed by atoms with Gasteiger partial charge in [0.1, 0.15) is 18.1 Å². The molecule has 2 rings (SSSR count). The number of nitrogens with one attached hydrogen (secondary N) is 1. The molecule has 1 amide bonds. The number of rotatable bonds is 6. The molecule has 0 heterocycles. The summed E-state index contributed by atoms with van der Waals surface area (Å²) in [7, 11) is 1.62. The van der Waals surface area contributed by atoms with Crippen LogP contribution in [0.15, 0.2) is 42.5 Å². The van der Waals surface area contributed by atoms with Crippen LogP contribution in [0, 0.1) is 10.5 Å². The fourth-order valence-electron chi connectivity index (χ4n) is 2.04. The van der Waals surface area contributed by atoms with Crippen molar-refractivity contribution < 1.29 is 14.3 Å². The maximum Gasteiger partial charge on any atom is 0.252 e. The molecule has 1 atom stereocenters. The Hall–Kier alpha value is -1.76. The van der Waals surface area contributed by atoms with Gasteiger partial charge in [-0.2, -0.15) is 0 Å². The Labute approximate surface area is 150 Å². The standard InChI is InChI=1S/C18H20INO3/c1-12-4-9-16(17(19)10-12)18(21)20-13(2)11-23-15-7-5-14(22-3)6-8-15/h4-10,13H,11H2,1-3H3,(H,20,21)/t13-/m1/s1. The summed E-state index contributed by atoms with van der Waals surface area (Å²) < 4.78 is 11.7. The van der Waals surface area contributed by atoms with Crippen molar-refractivity contribution in [3.05, 3.63) is 57.2 Å². The average molecular weight is 425 g/mol. The van der Waals surface area contributed by atoms with Crippen molar-refractivity contribution in [1.29, 1.82) is 0 Å². The van der Waals surface area contributed by atoms with Crippen molar-refractivity contribution in [3.8, 4) is 11.5 Å². The van der Waals surface area contributed by atoms with Crippen LogP contribution in [0.4, 0.5) is 0 Å². The van der Waals surface area contributed by atoms with Crippen molar-refractivity contribution >= 4 is 28.5 Å². The van der Waals surface area contributed by atoms with Crippen LogP contribution < -0.4 is 14.8 Å². The Bertz CT molecular complexity index is 670. The second-order valence-corrected chi connectivity index (χ2v) is 6.51. The lowest BCUT2D eigenvalue weighted by atomic mass is 10.1. The molecule has 23 heavy (non-hydrogen) atoms. The number of hydrogen-bond acceptors (Lipinski definition) is 3. The molecule has 5 heteroatoms. The third-order valence-electron chi connectivity index (χ3n) is 3.31. The van der Waals surface area contributed by atoms with E-state index in [-0.39, 0.29) is 11.9 Å². The van der Waals surface area contributed by atoms with E-state index in [9.17, 15) is 4.79 Å². The number of aryl methyl sites for hydroxylation is 1. The molecule has 0 aliphatic rings. The summed E-state index contributed by atoms with van der Waals surface area (Å²) in [5, 5.41) is 2.96. The first kappa shape index (κ1) is 17.6. The molecule has 0 saturated carbocycles. The molecule has 0 spiro atoms. The van der Waals surface area contributed by atoms with E-state index in [1.165, 1.54) is 0 Å². The first-order chi connectivity index (χ1) is 11.0. The minimum atomic E-state index is -0.0956. The highest BCUT2D eigenvalue weighted by atomic mass is 127. The van der Waals surface area contributed by atoms with Crippen LogP contribution in [-0.2, 0) is 0 Å². The van der Waals surface area contributed by atoms with Crippen molar-refractivity contribution in [3.63, 3.8) is 0 Å². The van der Waals surface area contributed by atoms with Crippen molar-refractivity contribution in [2.45, 2.75) is 19.9 Å². The quantitative estimate of drug-likeness (QED) is 0.717. The molecular weight excluding hydrogens is 405 g/mol. The second-order valence-electron chi connectivity index (χ2n) is 5.34. The van der Waals surface area contributed by atoms with Crippen molar-refractivity contribution in [2.24, 2.45) is 0 Å². The van der Waals surface area contributed by atoms with Gasteiger partial charge in [-0.3, -0.25) is 4.79 Å². The van der Waals surface area contributed by atoms with Gasteiger partial charge in [-0.05, 0) is 72.8 Å². The maximum atomic E-state index is 12.3. The van der Waals surface area contributed by atoms with Gasteiger partial charge in [-0.1, -0.05) is 11.6 Å². The van der Waals surface area contributed by atoms with E-state index in [4.69, 9.17) is 9.47 Å². The molecule has 0 aliphatic heterocycles. The summed E-state index contributed by atoms with van der Waals surface area (Å²) in [4.78, 5) is 12.3. The molecule has 0 saturated heterocycles. The topological polar surface area (TPSA) is 47.6 Å². The van der Waals surface area contributed by atoms with E-state index in [2.05, 4.69) is 27.9 Å². The van der Waals surface area contributed by atoms with Crippen molar-refractivity contribution in [2.75, 3.05) is 13.7 Å². The van der Waals surface area contributed by atoms with Gasteiger partial charge in [0, 0.05) is 3.57 Å². The van der Waals surface area contributed by atoms with Crippen LogP contribution in [0.3, 0.4) is 0 Å². The van der Waals surface area contributed by atoms with Crippen LogP contribution in [-0.4, -0.2) is 25.7 Å². The van der Waals surface area contributed by atoms with Crippen LogP contribution in [0.25, 0.3) is 0 Å². The average Bonchev–Trinajstić information content (AvgIpc) is 2.53. The second kappa shape index (κ2) is 8.19. The van der Waals surface area contributed by atoms with Gasteiger partial charge in [0.25, 0.3) is 5.91 Å². The summed E-state index contributed by atoms with van der Waals surface area (Å²) in [6.45, 7) is 4.33. The lowest BCUT2D eigenvalue weighted by Gasteiger charge is -2.16. The Morgan fingerprint density at radius 1 is 1.17 bits per heavy atom. The molecule has 2 aromatic rings. The van der Waals surface area contributed by atoms with Gasteiger partial charge in [0.2, 0.25) is 0 Å². The number of hydrogen-bond donors (Lipinski definition) is 1. The fraction of sp³-hybridized carbons (Fsp3) is 0.278. The summed E-state index contributed by atoms with van der Waals surface area (Å²) in [6.07, 6.45) is 0. The molecule has 122 valence electrons. The first-order valence-corrected chi connectivity index (χ1v) is 8.41. The zero-order valence-corrected chi connectivity index (χ0v) is 15.6. The van der Waals surface area contributed by atoms with E-state index < -0.39 is 0 Å². The highest BCUT2D eigenvalue weighted by Gasteiger charge is 2.13.